The van der Waals surface area contributed by atoms with Crippen molar-refractivity contribution in [3.05, 3.63) is 65.2 Å². The van der Waals surface area contributed by atoms with Gasteiger partial charge in [-0.05, 0) is 43.3 Å². The van der Waals surface area contributed by atoms with E-state index in [2.05, 4.69) is 0 Å². The van der Waals surface area contributed by atoms with Gasteiger partial charge in [0.1, 0.15) is 5.75 Å². The van der Waals surface area contributed by atoms with Crippen LogP contribution < -0.4 is 4.74 Å². The van der Waals surface area contributed by atoms with Crippen molar-refractivity contribution >= 4 is 17.8 Å². The summed E-state index contributed by atoms with van der Waals surface area (Å²) in [5.74, 6) is -1.47. The fraction of sp³-hybridized carbons (Fsp3) is 0.118. The van der Waals surface area contributed by atoms with Crippen LogP contribution in [0.2, 0.25) is 0 Å². The van der Waals surface area contributed by atoms with Crippen molar-refractivity contribution in [1.29, 1.82) is 0 Å². The van der Waals surface area contributed by atoms with E-state index in [1.54, 1.807) is 24.3 Å². The smallest absolute Gasteiger partial charge is 0.363 e. The van der Waals surface area contributed by atoms with E-state index in [1.807, 2.05) is 6.92 Å². The molecule has 0 radical (unpaired) electrons. The van der Waals surface area contributed by atoms with Crippen molar-refractivity contribution in [3.8, 4) is 5.75 Å². The number of ether oxygens (including phenoxy) is 1. The summed E-state index contributed by atoms with van der Waals surface area (Å²) in [5.41, 5.74) is 0.652. The lowest BCUT2D eigenvalue weighted by atomic mass is 10.1. The molecule has 0 saturated carbocycles. The molecule has 6 nitrogen and oxygen atoms in total. The molecule has 116 valence electrons. The van der Waals surface area contributed by atoms with Gasteiger partial charge in [-0.2, -0.15) is 0 Å². The Labute approximate surface area is 132 Å². The first-order valence-corrected chi connectivity index (χ1v) is 7.04. The quantitative estimate of drug-likeness (QED) is 0.811. The van der Waals surface area contributed by atoms with Crippen molar-refractivity contribution in [1.82, 2.24) is 5.06 Å². The molecule has 0 N–H and O–H groups in total. The molecule has 0 aliphatic carbocycles. The standard InChI is InChI=1S/C17H13NO5/c1-2-22-12-9-7-11(8-10-12)17(21)23-18-15(19)13-5-3-4-6-14(13)16(18)20/h3-10H,2H2,1H3. The zero-order valence-corrected chi connectivity index (χ0v) is 12.3. The summed E-state index contributed by atoms with van der Waals surface area (Å²) in [6.07, 6.45) is 0. The van der Waals surface area contributed by atoms with Crippen molar-refractivity contribution in [2.45, 2.75) is 6.92 Å². The van der Waals surface area contributed by atoms with E-state index in [4.69, 9.17) is 9.57 Å². The van der Waals surface area contributed by atoms with Gasteiger partial charge < -0.3 is 9.57 Å². The van der Waals surface area contributed by atoms with E-state index < -0.39 is 17.8 Å². The molecule has 0 aromatic heterocycles. The molecule has 1 aliphatic rings. The SMILES string of the molecule is CCOc1ccc(C(=O)ON2C(=O)c3ccccc3C2=O)cc1. The van der Waals surface area contributed by atoms with Crippen LogP contribution in [-0.2, 0) is 4.84 Å². The predicted molar refractivity (Wildman–Crippen MR) is 80.0 cm³/mol. The van der Waals surface area contributed by atoms with Crippen molar-refractivity contribution < 1.29 is 24.0 Å². The zero-order chi connectivity index (χ0) is 16.4. The second kappa shape index (κ2) is 5.92. The average molecular weight is 311 g/mol. The van der Waals surface area contributed by atoms with Gasteiger partial charge in [0, 0.05) is 0 Å². The van der Waals surface area contributed by atoms with Gasteiger partial charge in [-0.15, -0.1) is 0 Å². The Bertz CT molecular complexity index is 747. The molecule has 0 bridgehead atoms. The molecule has 0 atom stereocenters. The lowest BCUT2D eigenvalue weighted by Crippen LogP contribution is -2.32. The molecule has 0 saturated heterocycles. The third-order valence-corrected chi connectivity index (χ3v) is 3.33. The molecular formula is C17H13NO5. The van der Waals surface area contributed by atoms with Gasteiger partial charge in [0.25, 0.3) is 11.8 Å². The number of rotatable bonds is 4. The summed E-state index contributed by atoms with van der Waals surface area (Å²) in [6, 6.07) is 12.5. The number of hydroxylamine groups is 2. The molecule has 1 aliphatic heterocycles. The molecule has 3 rings (SSSR count). The van der Waals surface area contributed by atoms with Crippen LogP contribution in [0, 0.1) is 0 Å². The van der Waals surface area contributed by atoms with Gasteiger partial charge in [0.05, 0.1) is 23.3 Å². The van der Waals surface area contributed by atoms with Crippen LogP contribution in [0.1, 0.15) is 38.0 Å². The number of carbonyl (C=O) groups is 3. The van der Waals surface area contributed by atoms with Gasteiger partial charge in [0.2, 0.25) is 0 Å². The number of amides is 2. The van der Waals surface area contributed by atoms with Crippen LogP contribution >= 0.6 is 0 Å². The van der Waals surface area contributed by atoms with Crippen LogP contribution in [0.15, 0.2) is 48.5 Å². The van der Waals surface area contributed by atoms with E-state index in [9.17, 15) is 14.4 Å². The Hall–Kier alpha value is -3.15. The number of hydrogen-bond acceptors (Lipinski definition) is 5. The number of imide groups is 1. The maximum atomic E-state index is 12.1. The predicted octanol–water partition coefficient (Wildman–Crippen LogP) is 2.45. The highest BCUT2D eigenvalue weighted by Gasteiger charge is 2.38. The maximum Gasteiger partial charge on any atom is 0.363 e. The van der Waals surface area contributed by atoms with E-state index in [0.717, 1.165) is 0 Å². The highest BCUT2D eigenvalue weighted by molar-refractivity contribution is 6.21. The third kappa shape index (κ3) is 2.66. The largest absolute Gasteiger partial charge is 0.494 e. The first-order valence-electron chi connectivity index (χ1n) is 7.04. The Kier molecular flexibility index (Phi) is 3.80. The lowest BCUT2D eigenvalue weighted by molar-refractivity contribution is -0.0584. The number of carbonyl (C=O) groups excluding carboxylic acids is 3. The Morgan fingerprint density at radius 1 is 0.957 bits per heavy atom. The van der Waals surface area contributed by atoms with Gasteiger partial charge in [-0.1, -0.05) is 17.2 Å². The molecule has 0 unspecified atom stereocenters. The van der Waals surface area contributed by atoms with Crippen molar-refractivity contribution in [2.24, 2.45) is 0 Å². The summed E-state index contributed by atoms with van der Waals surface area (Å²) < 4.78 is 5.28. The first-order chi connectivity index (χ1) is 11.1. The maximum absolute atomic E-state index is 12.1. The van der Waals surface area contributed by atoms with Gasteiger partial charge >= 0.3 is 5.97 Å². The van der Waals surface area contributed by atoms with Crippen LogP contribution in [0.25, 0.3) is 0 Å². The second-order valence-electron chi connectivity index (χ2n) is 4.79. The second-order valence-corrected chi connectivity index (χ2v) is 4.79. The van der Waals surface area contributed by atoms with Crippen molar-refractivity contribution in [2.75, 3.05) is 6.61 Å². The number of fused-ring (bicyclic) bond motifs is 1. The summed E-state index contributed by atoms with van der Waals surface area (Å²) >= 11 is 0. The van der Waals surface area contributed by atoms with E-state index in [1.165, 1.54) is 24.3 Å². The minimum atomic E-state index is -0.789. The molecule has 2 amide bonds. The molecule has 2 aromatic carbocycles. The molecule has 0 fully saturated rings. The van der Waals surface area contributed by atoms with Crippen LogP contribution in [0.4, 0.5) is 0 Å². The minimum absolute atomic E-state index is 0.213. The normalized spacial score (nSPS) is 13.0. The summed E-state index contributed by atoms with van der Waals surface area (Å²) in [7, 11) is 0. The van der Waals surface area contributed by atoms with E-state index in [-0.39, 0.29) is 16.7 Å². The molecule has 23 heavy (non-hydrogen) atoms. The fourth-order valence-electron chi connectivity index (χ4n) is 2.24. The summed E-state index contributed by atoms with van der Waals surface area (Å²) in [5, 5.41) is 0.490. The number of hydrogen-bond donors (Lipinski definition) is 0. The fourth-order valence-corrected chi connectivity index (χ4v) is 2.24. The van der Waals surface area contributed by atoms with E-state index >= 15 is 0 Å². The van der Waals surface area contributed by atoms with Crippen LogP contribution in [-0.4, -0.2) is 29.5 Å². The molecule has 1 heterocycles. The van der Waals surface area contributed by atoms with E-state index in [0.29, 0.717) is 17.4 Å². The highest BCUT2D eigenvalue weighted by atomic mass is 16.7. The Morgan fingerprint density at radius 3 is 2.04 bits per heavy atom. The minimum Gasteiger partial charge on any atom is -0.494 e. The lowest BCUT2D eigenvalue weighted by Gasteiger charge is -2.12. The van der Waals surface area contributed by atoms with Gasteiger partial charge in [-0.25, -0.2) is 4.79 Å². The number of benzene rings is 2. The Balaban J connectivity index is 1.76. The van der Waals surface area contributed by atoms with Gasteiger partial charge in [-0.3, -0.25) is 9.59 Å². The van der Waals surface area contributed by atoms with Crippen LogP contribution in [0.5, 0.6) is 5.75 Å². The first kappa shape index (κ1) is 14.8. The third-order valence-electron chi connectivity index (χ3n) is 3.33. The van der Waals surface area contributed by atoms with Crippen LogP contribution in [0.3, 0.4) is 0 Å². The topological polar surface area (TPSA) is 72.9 Å². The Morgan fingerprint density at radius 2 is 1.52 bits per heavy atom. The summed E-state index contributed by atoms with van der Waals surface area (Å²) in [4.78, 5) is 41.3. The van der Waals surface area contributed by atoms with Crippen molar-refractivity contribution in [3.63, 3.8) is 0 Å². The molecule has 2 aromatic rings. The summed E-state index contributed by atoms with van der Waals surface area (Å²) in [6.45, 7) is 2.36. The highest BCUT2D eigenvalue weighted by Crippen LogP contribution is 2.23. The monoisotopic (exact) mass is 311 g/mol. The average Bonchev–Trinajstić information content (AvgIpc) is 2.81. The van der Waals surface area contributed by atoms with Gasteiger partial charge in [0.15, 0.2) is 0 Å². The number of nitrogens with zero attached hydrogens (tertiary/aromatic N) is 1. The molecule has 6 heteroatoms. The molecule has 0 spiro atoms. The molecular weight excluding hydrogens is 298 g/mol. The zero-order valence-electron chi connectivity index (χ0n) is 12.3.